The molecule has 0 saturated heterocycles. The predicted octanol–water partition coefficient (Wildman–Crippen LogP) is 1.59. The molecule has 15 heavy (non-hydrogen) atoms. The maximum absolute atomic E-state index is 12.6. The van der Waals surface area contributed by atoms with Crippen LogP contribution < -0.4 is 0 Å². The van der Waals surface area contributed by atoms with Gasteiger partial charge in [0.1, 0.15) is 5.82 Å². The van der Waals surface area contributed by atoms with Crippen molar-refractivity contribution in [3.05, 3.63) is 35.6 Å². The Kier molecular flexibility index (Phi) is 2.76. The van der Waals surface area contributed by atoms with Crippen LogP contribution in [0, 0.1) is 5.82 Å². The lowest BCUT2D eigenvalue weighted by Crippen LogP contribution is -2.25. The first-order chi connectivity index (χ1) is 7.25. The highest BCUT2D eigenvalue weighted by Gasteiger charge is 2.15. The first-order valence-electron chi connectivity index (χ1n) is 4.83. The second kappa shape index (κ2) is 4.21. The van der Waals surface area contributed by atoms with Crippen molar-refractivity contribution in [1.29, 1.82) is 0 Å². The first kappa shape index (κ1) is 9.83. The minimum Gasteiger partial charge on any atom is -0.273 e. The van der Waals surface area contributed by atoms with Gasteiger partial charge in [-0.3, -0.25) is 4.79 Å². The van der Waals surface area contributed by atoms with Gasteiger partial charge in [0.15, 0.2) is 0 Å². The number of rotatable bonds is 2. The predicted molar refractivity (Wildman–Crippen MR) is 54.9 cm³/mol. The van der Waals surface area contributed by atoms with Crippen molar-refractivity contribution in [1.82, 2.24) is 5.01 Å². The third kappa shape index (κ3) is 2.40. The Labute approximate surface area is 87.2 Å². The number of amides is 1. The van der Waals surface area contributed by atoms with Gasteiger partial charge in [0, 0.05) is 19.2 Å². The minimum absolute atomic E-state index is 0.0460. The lowest BCUT2D eigenvalue weighted by atomic mass is 10.1. The van der Waals surface area contributed by atoms with Crippen LogP contribution in [-0.2, 0) is 11.2 Å². The third-order valence-electron chi connectivity index (χ3n) is 2.25. The fourth-order valence-electron chi connectivity index (χ4n) is 1.45. The summed E-state index contributed by atoms with van der Waals surface area (Å²) in [5.74, 6) is -0.333. The zero-order valence-electron chi connectivity index (χ0n) is 8.19. The Balaban J connectivity index is 1.99. The molecule has 1 aliphatic rings. The van der Waals surface area contributed by atoms with Gasteiger partial charge < -0.3 is 0 Å². The number of hydrazone groups is 1. The van der Waals surface area contributed by atoms with E-state index >= 15 is 0 Å². The van der Waals surface area contributed by atoms with Crippen molar-refractivity contribution >= 4 is 12.1 Å². The van der Waals surface area contributed by atoms with E-state index < -0.39 is 0 Å². The van der Waals surface area contributed by atoms with Gasteiger partial charge in [0.25, 0.3) is 0 Å². The monoisotopic (exact) mass is 206 g/mol. The van der Waals surface area contributed by atoms with Crippen LogP contribution in [0.1, 0.15) is 12.0 Å². The Morgan fingerprint density at radius 2 is 2.13 bits per heavy atom. The van der Waals surface area contributed by atoms with Gasteiger partial charge in [0.2, 0.25) is 5.91 Å². The number of hydrogen-bond donors (Lipinski definition) is 0. The highest BCUT2D eigenvalue weighted by Crippen LogP contribution is 2.07. The van der Waals surface area contributed by atoms with E-state index in [1.54, 1.807) is 18.3 Å². The summed E-state index contributed by atoms with van der Waals surface area (Å²) < 4.78 is 12.6. The van der Waals surface area contributed by atoms with Crippen LogP contribution in [0.15, 0.2) is 29.4 Å². The van der Waals surface area contributed by atoms with Gasteiger partial charge >= 0.3 is 0 Å². The topological polar surface area (TPSA) is 32.7 Å². The number of nitrogens with zero attached hydrogens (tertiary/aromatic N) is 2. The van der Waals surface area contributed by atoms with Gasteiger partial charge in [0.05, 0.1) is 6.42 Å². The summed E-state index contributed by atoms with van der Waals surface area (Å²) in [5.41, 5.74) is 0.809. The molecule has 0 fully saturated rings. The molecule has 0 bridgehead atoms. The van der Waals surface area contributed by atoms with Crippen LogP contribution in [0.2, 0.25) is 0 Å². The molecule has 0 N–H and O–H groups in total. The molecule has 1 aromatic carbocycles. The van der Waals surface area contributed by atoms with E-state index in [2.05, 4.69) is 5.10 Å². The Morgan fingerprint density at radius 3 is 2.73 bits per heavy atom. The van der Waals surface area contributed by atoms with Gasteiger partial charge in [-0.1, -0.05) is 12.1 Å². The summed E-state index contributed by atoms with van der Waals surface area (Å²) in [4.78, 5) is 11.6. The maximum Gasteiger partial charge on any atom is 0.247 e. The second-order valence-corrected chi connectivity index (χ2v) is 3.41. The molecule has 0 radical (unpaired) electrons. The van der Waals surface area contributed by atoms with Gasteiger partial charge in [-0.15, -0.1) is 0 Å². The summed E-state index contributed by atoms with van der Waals surface area (Å²) in [6.45, 7) is 0.653. The number of carbonyl (C=O) groups excluding carboxylic acids is 1. The zero-order valence-corrected chi connectivity index (χ0v) is 8.19. The molecule has 0 spiro atoms. The highest BCUT2D eigenvalue weighted by molar-refractivity contribution is 5.80. The van der Waals surface area contributed by atoms with Crippen LogP contribution >= 0.6 is 0 Å². The third-order valence-corrected chi connectivity index (χ3v) is 2.25. The molecule has 1 aromatic rings. The average molecular weight is 206 g/mol. The number of halogens is 1. The Bertz CT molecular complexity index is 386. The van der Waals surface area contributed by atoms with Crippen LogP contribution in [0.3, 0.4) is 0 Å². The Morgan fingerprint density at radius 1 is 1.40 bits per heavy atom. The molecule has 0 aromatic heterocycles. The summed E-state index contributed by atoms with van der Waals surface area (Å²) in [6.07, 6.45) is 2.81. The quantitative estimate of drug-likeness (QED) is 0.723. The molecular weight excluding hydrogens is 195 g/mol. The van der Waals surface area contributed by atoms with E-state index in [0.29, 0.717) is 6.54 Å². The van der Waals surface area contributed by atoms with Gasteiger partial charge in [-0.05, 0) is 17.7 Å². The van der Waals surface area contributed by atoms with Crippen molar-refractivity contribution in [2.75, 3.05) is 6.54 Å². The van der Waals surface area contributed by atoms with Crippen molar-refractivity contribution in [2.45, 2.75) is 12.8 Å². The summed E-state index contributed by atoms with van der Waals surface area (Å²) in [6, 6.07) is 5.95. The normalized spacial score (nSPS) is 14.6. The minimum atomic E-state index is -0.287. The average Bonchev–Trinajstić information content (AvgIpc) is 2.74. The number of benzene rings is 1. The largest absolute Gasteiger partial charge is 0.273 e. The van der Waals surface area contributed by atoms with Crippen molar-refractivity contribution < 1.29 is 9.18 Å². The fourth-order valence-corrected chi connectivity index (χ4v) is 1.45. The molecule has 1 amide bonds. The lowest BCUT2D eigenvalue weighted by molar-refractivity contribution is -0.130. The van der Waals surface area contributed by atoms with E-state index in [1.165, 1.54) is 17.1 Å². The lowest BCUT2D eigenvalue weighted by Gasteiger charge is -2.11. The van der Waals surface area contributed by atoms with Crippen molar-refractivity contribution in [3.8, 4) is 0 Å². The highest BCUT2D eigenvalue weighted by atomic mass is 19.1. The van der Waals surface area contributed by atoms with E-state index in [9.17, 15) is 9.18 Å². The standard InChI is InChI=1S/C11H11FN2O/c12-10-4-2-9(3-5-10)8-11(15)14-7-1-6-13-14/h2-6H,1,7-8H2. The van der Waals surface area contributed by atoms with Crippen LogP contribution in [0.4, 0.5) is 4.39 Å². The smallest absolute Gasteiger partial charge is 0.247 e. The molecule has 4 heteroatoms. The van der Waals surface area contributed by atoms with E-state index in [-0.39, 0.29) is 18.1 Å². The summed E-state index contributed by atoms with van der Waals surface area (Å²) >= 11 is 0. The SMILES string of the molecule is O=C(Cc1ccc(F)cc1)N1CCC=N1. The van der Waals surface area contributed by atoms with Crippen molar-refractivity contribution in [3.63, 3.8) is 0 Å². The van der Waals surface area contributed by atoms with E-state index in [1.807, 2.05) is 0 Å². The number of carbonyl (C=O) groups is 1. The van der Waals surface area contributed by atoms with Crippen LogP contribution in [0.5, 0.6) is 0 Å². The fraction of sp³-hybridized carbons (Fsp3) is 0.273. The van der Waals surface area contributed by atoms with Gasteiger partial charge in [-0.2, -0.15) is 5.10 Å². The molecule has 0 unspecified atom stereocenters. The second-order valence-electron chi connectivity index (χ2n) is 3.41. The molecule has 1 aliphatic heterocycles. The molecule has 2 rings (SSSR count). The molecule has 0 aliphatic carbocycles. The van der Waals surface area contributed by atoms with E-state index in [4.69, 9.17) is 0 Å². The molecule has 1 heterocycles. The summed E-state index contributed by atoms with van der Waals surface area (Å²) in [5, 5.41) is 5.38. The first-order valence-corrected chi connectivity index (χ1v) is 4.83. The Hall–Kier alpha value is -1.71. The molecule has 0 atom stereocenters. The van der Waals surface area contributed by atoms with Gasteiger partial charge in [-0.25, -0.2) is 9.40 Å². The zero-order chi connectivity index (χ0) is 10.7. The van der Waals surface area contributed by atoms with Crippen LogP contribution in [0.25, 0.3) is 0 Å². The molecule has 0 saturated carbocycles. The summed E-state index contributed by atoms with van der Waals surface area (Å²) in [7, 11) is 0. The van der Waals surface area contributed by atoms with Crippen molar-refractivity contribution in [2.24, 2.45) is 5.10 Å². The molecule has 3 nitrogen and oxygen atoms in total. The molecular formula is C11H11FN2O. The molecule has 78 valence electrons. The maximum atomic E-state index is 12.6. The van der Waals surface area contributed by atoms with Crippen LogP contribution in [-0.4, -0.2) is 23.7 Å². The number of hydrogen-bond acceptors (Lipinski definition) is 2. The van der Waals surface area contributed by atoms with E-state index in [0.717, 1.165) is 12.0 Å².